The molecule has 17 heavy (non-hydrogen) atoms. The molecule has 0 fully saturated rings. The summed E-state index contributed by atoms with van der Waals surface area (Å²) in [7, 11) is 3.19. The maximum absolute atomic E-state index is 10.9. The molecule has 5 nitrogen and oxygen atoms in total. The van der Waals surface area contributed by atoms with Gasteiger partial charge in [-0.15, -0.1) is 0 Å². The Balaban J connectivity index is 2.73. The van der Waals surface area contributed by atoms with Crippen molar-refractivity contribution in [3.05, 3.63) is 23.8 Å². The van der Waals surface area contributed by atoms with Crippen molar-refractivity contribution in [3.63, 3.8) is 0 Å². The van der Waals surface area contributed by atoms with Gasteiger partial charge in [0, 0.05) is 12.6 Å². The molecule has 0 aliphatic heterocycles. The second-order valence-corrected chi connectivity index (χ2v) is 3.73. The highest BCUT2D eigenvalue weighted by atomic mass is 16.5. The second kappa shape index (κ2) is 6.10. The van der Waals surface area contributed by atoms with Crippen molar-refractivity contribution in [2.24, 2.45) is 5.73 Å². The standard InChI is InChI=1S/C12H18N2O3/c1-8(12(13)15)14-7-9-4-10(16-2)6-11(5-9)17-3/h4-6,8,14H,7H2,1-3H3,(H2,13,15). The number of nitrogens with one attached hydrogen (secondary N) is 1. The third-order valence-corrected chi connectivity index (χ3v) is 2.45. The van der Waals surface area contributed by atoms with E-state index in [0.29, 0.717) is 18.0 Å². The molecule has 3 N–H and O–H groups in total. The SMILES string of the molecule is COc1cc(CNC(C)C(N)=O)cc(OC)c1. The number of amides is 1. The molecular weight excluding hydrogens is 220 g/mol. The molecule has 94 valence electrons. The molecule has 0 spiro atoms. The number of hydrogen-bond donors (Lipinski definition) is 2. The van der Waals surface area contributed by atoms with Crippen LogP contribution in [-0.4, -0.2) is 26.2 Å². The van der Waals surface area contributed by atoms with Crippen molar-refractivity contribution >= 4 is 5.91 Å². The molecule has 1 aromatic rings. The van der Waals surface area contributed by atoms with E-state index >= 15 is 0 Å². The van der Waals surface area contributed by atoms with E-state index in [1.54, 1.807) is 27.2 Å². The topological polar surface area (TPSA) is 73.6 Å². The quantitative estimate of drug-likeness (QED) is 0.764. The van der Waals surface area contributed by atoms with E-state index in [-0.39, 0.29) is 11.9 Å². The Bertz CT molecular complexity index is 371. The number of ether oxygens (including phenoxy) is 2. The molecule has 5 heteroatoms. The number of rotatable bonds is 6. The Morgan fingerprint density at radius 2 is 1.82 bits per heavy atom. The summed E-state index contributed by atoms with van der Waals surface area (Å²) < 4.78 is 10.3. The molecule has 0 heterocycles. The van der Waals surface area contributed by atoms with Gasteiger partial charge in [0.05, 0.1) is 20.3 Å². The number of primary amides is 1. The van der Waals surface area contributed by atoms with Crippen LogP contribution in [0.2, 0.25) is 0 Å². The zero-order valence-electron chi connectivity index (χ0n) is 10.3. The average molecular weight is 238 g/mol. The highest BCUT2D eigenvalue weighted by Crippen LogP contribution is 2.22. The Morgan fingerprint density at radius 3 is 2.24 bits per heavy atom. The van der Waals surface area contributed by atoms with Crippen LogP contribution in [0.3, 0.4) is 0 Å². The number of carbonyl (C=O) groups excluding carboxylic acids is 1. The lowest BCUT2D eigenvalue weighted by Gasteiger charge is -2.12. The molecule has 1 rings (SSSR count). The van der Waals surface area contributed by atoms with Gasteiger partial charge in [0.2, 0.25) is 5.91 Å². The van der Waals surface area contributed by atoms with Gasteiger partial charge < -0.3 is 20.5 Å². The molecule has 1 amide bonds. The lowest BCUT2D eigenvalue weighted by Crippen LogP contribution is -2.38. The average Bonchev–Trinajstić information content (AvgIpc) is 2.35. The Hall–Kier alpha value is -1.75. The minimum Gasteiger partial charge on any atom is -0.497 e. The Kier molecular flexibility index (Phi) is 4.78. The molecule has 0 aromatic heterocycles. The molecule has 1 aromatic carbocycles. The van der Waals surface area contributed by atoms with Gasteiger partial charge in [-0.05, 0) is 24.6 Å². The second-order valence-electron chi connectivity index (χ2n) is 3.73. The fraction of sp³-hybridized carbons (Fsp3) is 0.417. The number of nitrogens with two attached hydrogens (primary N) is 1. The molecule has 0 aliphatic carbocycles. The first-order valence-corrected chi connectivity index (χ1v) is 5.31. The first-order chi connectivity index (χ1) is 8.06. The molecule has 1 unspecified atom stereocenters. The maximum Gasteiger partial charge on any atom is 0.234 e. The zero-order valence-corrected chi connectivity index (χ0v) is 10.3. The Morgan fingerprint density at radius 1 is 1.29 bits per heavy atom. The lowest BCUT2D eigenvalue weighted by molar-refractivity contribution is -0.119. The van der Waals surface area contributed by atoms with Crippen LogP contribution in [0.5, 0.6) is 11.5 Å². The Labute approximate surface area is 101 Å². The molecule has 0 aliphatic rings. The maximum atomic E-state index is 10.9. The van der Waals surface area contributed by atoms with E-state index < -0.39 is 0 Å². The van der Waals surface area contributed by atoms with Crippen LogP contribution in [0.1, 0.15) is 12.5 Å². The van der Waals surface area contributed by atoms with E-state index in [4.69, 9.17) is 15.2 Å². The van der Waals surface area contributed by atoms with Gasteiger partial charge in [0.15, 0.2) is 0 Å². The molecular formula is C12H18N2O3. The third-order valence-electron chi connectivity index (χ3n) is 2.45. The van der Waals surface area contributed by atoms with Crippen LogP contribution >= 0.6 is 0 Å². The van der Waals surface area contributed by atoms with Crippen LogP contribution in [0.4, 0.5) is 0 Å². The van der Waals surface area contributed by atoms with Crippen molar-refractivity contribution < 1.29 is 14.3 Å². The minimum atomic E-state index is -0.375. The van der Waals surface area contributed by atoms with Gasteiger partial charge in [-0.2, -0.15) is 0 Å². The minimum absolute atomic E-state index is 0.368. The summed E-state index contributed by atoms with van der Waals surface area (Å²) in [6.07, 6.45) is 0. The summed E-state index contributed by atoms with van der Waals surface area (Å²) in [5, 5.41) is 3.02. The van der Waals surface area contributed by atoms with E-state index in [0.717, 1.165) is 5.56 Å². The molecule has 1 atom stereocenters. The fourth-order valence-corrected chi connectivity index (χ4v) is 1.34. The van der Waals surface area contributed by atoms with Crippen molar-refractivity contribution in [2.75, 3.05) is 14.2 Å². The van der Waals surface area contributed by atoms with Gasteiger partial charge in [-0.3, -0.25) is 4.79 Å². The molecule has 0 bridgehead atoms. The molecule has 0 saturated carbocycles. The van der Waals surface area contributed by atoms with Crippen molar-refractivity contribution in [1.29, 1.82) is 0 Å². The van der Waals surface area contributed by atoms with Crippen LogP contribution in [0.25, 0.3) is 0 Å². The van der Waals surface area contributed by atoms with Gasteiger partial charge in [-0.25, -0.2) is 0 Å². The predicted octanol–water partition coefficient (Wildman–Crippen LogP) is 0.667. The summed E-state index contributed by atoms with van der Waals surface area (Å²) in [5.41, 5.74) is 6.13. The summed E-state index contributed by atoms with van der Waals surface area (Å²) in [6, 6.07) is 5.18. The normalized spacial score (nSPS) is 11.9. The predicted molar refractivity (Wildman–Crippen MR) is 65.0 cm³/mol. The monoisotopic (exact) mass is 238 g/mol. The fourth-order valence-electron chi connectivity index (χ4n) is 1.34. The van der Waals surface area contributed by atoms with Crippen LogP contribution in [0.15, 0.2) is 18.2 Å². The lowest BCUT2D eigenvalue weighted by atomic mass is 10.2. The summed E-state index contributed by atoms with van der Waals surface area (Å²) in [5.74, 6) is 1.06. The van der Waals surface area contributed by atoms with E-state index in [9.17, 15) is 4.79 Å². The van der Waals surface area contributed by atoms with Gasteiger partial charge in [-0.1, -0.05) is 0 Å². The summed E-state index contributed by atoms with van der Waals surface area (Å²) in [6.45, 7) is 2.25. The summed E-state index contributed by atoms with van der Waals surface area (Å²) in [4.78, 5) is 10.9. The highest BCUT2D eigenvalue weighted by molar-refractivity contribution is 5.79. The smallest absolute Gasteiger partial charge is 0.234 e. The van der Waals surface area contributed by atoms with Crippen LogP contribution in [0, 0.1) is 0 Å². The van der Waals surface area contributed by atoms with E-state index in [1.807, 2.05) is 12.1 Å². The number of hydrogen-bond acceptors (Lipinski definition) is 4. The number of carbonyl (C=O) groups is 1. The van der Waals surface area contributed by atoms with Crippen molar-refractivity contribution in [2.45, 2.75) is 19.5 Å². The van der Waals surface area contributed by atoms with E-state index in [2.05, 4.69) is 5.32 Å². The highest BCUT2D eigenvalue weighted by Gasteiger charge is 2.08. The zero-order chi connectivity index (χ0) is 12.8. The first-order valence-electron chi connectivity index (χ1n) is 5.31. The largest absolute Gasteiger partial charge is 0.497 e. The molecule has 0 saturated heterocycles. The van der Waals surface area contributed by atoms with Crippen LogP contribution < -0.4 is 20.5 Å². The summed E-state index contributed by atoms with van der Waals surface area (Å²) >= 11 is 0. The first kappa shape index (κ1) is 13.3. The van der Waals surface area contributed by atoms with Crippen LogP contribution in [-0.2, 0) is 11.3 Å². The van der Waals surface area contributed by atoms with E-state index in [1.165, 1.54) is 0 Å². The van der Waals surface area contributed by atoms with Gasteiger partial charge in [0.1, 0.15) is 11.5 Å². The number of methoxy groups -OCH3 is 2. The van der Waals surface area contributed by atoms with Crippen molar-refractivity contribution in [3.8, 4) is 11.5 Å². The number of benzene rings is 1. The van der Waals surface area contributed by atoms with Gasteiger partial charge in [0.25, 0.3) is 0 Å². The van der Waals surface area contributed by atoms with Gasteiger partial charge >= 0.3 is 0 Å². The third kappa shape index (κ3) is 3.96. The van der Waals surface area contributed by atoms with Crippen molar-refractivity contribution in [1.82, 2.24) is 5.32 Å². The molecule has 0 radical (unpaired) electrons.